The SMILES string of the molecule is CC(C)NC(=O)CCS(=O)CC(=O)Nc1ccc(C(=O)O)cc1. The number of carboxylic acid groups (broad SMARTS) is 1. The lowest BCUT2D eigenvalue weighted by molar-refractivity contribution is -0.121. The number of hydrogen-bond acceptors (Lipinski definition) is 4. The number of rotatable bonds is 8. The zero-order chi connectivity index (χ0) is 17.4. The van der Waals surface area contributed by atoms with Crippen LogP contribution >= 0.6 is 0 Å². The third-order valence-corrected chi connectivity index (χ3v) is 3.96. The number of benzene rings is 1. The van der Waals surface area contributed by atoms with Crippen LogP contribution in [0.1, 0.15) is 30.6 Å². The molecule has 1 aromatic rings. The first-order chi connectivity index (χ1) is 10.8. The summed E-state index contributed by atoms with van der Waals surface area (Å²) in [5.41, 5.74) is 0.539. The Morgan fingerprint density at radius 3 is 2.26 bits per heavy atom. The highest BCUT2D eigenvalue weighted by Crippen LogP contribution is 2.09. The van der Waals surface area contributed by atoms with E-state index in [2.05, 4.69) is 10.6 Å². The average molecular weight is 340 g/mol. The van der Waals surface area contributed by atoms with Crippen molar-refractivity contribution in [3.8, 4) is 0 Å². The minimum Gasteiger partial charge on any atom is -0.478 e. The molecule has 3 N–H and O–H groups in total. The Labute approximate surface area is 136 Å². The van der Waals surface area contributed by atoms with Crippen molar-refractivity contribution < 1.29 is 23.7 Å². The Morgan fingerprint density at radius 1 is 1.13 bits per heavy atom. The third kappa shape index (κ3) is 7.55. The number of nitrogens with one attached hydrogen (secondary N) is 2. The molecule has 1 rings (SSSR count). The average Bonchev–Trinajstić information content (AvgIpc) is 2.44. The monoisotopic (exact) mass is 340 g/mol. The second-order valence-corrected chi connectivity index (χ2v) is 6.77. The van der Waals surface area contributed by atoms with Crippen LogP contribution in [0.5, 0.6) is 0 Å². The van der Waals surface area contributed by atoms with Gasteiger partial charge in [0.15, 0.2) is 0 Å². The zero-order valence-electron chi connectivity index (χ0n) is 13.0. The predicted molar refractivity (Wildman–Crippen MR) is 87.8 cm³/mol. The first-order valence-electron chi connectivity index (χ1n) is 7.05. The standard InChI is InChI=1S/C15H20N2O5S/c1-10(2)16-13(18)7-8-23(22)9-14(19)17-12-5-3-11(4-6-12)15(20)21/h3-6,10H,7-9H2,1-2H3,(H,16,18)(H,17,19)(H,20,21). The Balaban J connectivity index is 2.39. The molecule has 2 amide bonds. The zero-order valence-corrected chi connectivity index (χ0v) is 13.8. The molecule has 23 heavy (non-hydrogen) atoms. The molecule has 0 bridgehead atoms. The lowest BCUT2D eigenvalue weighted by Crippen LogP contribution is -2.31. The Kier molecular flexibility index (Phi) is 7.40. The Morgan fingerprint density at radius 2 is 1.74 bits per heavy atom. The summed E-state index contributed by atoms with van der Waals surface area (Å²) < 4.78 is 11.8. The summed E-state index contributed by atoms with van der Waals surface area (Å²) in [5, 5.41) is 14.0. The van der Waals surface area contributed by atoms with Gasteiger partial charge >= 0.3 is 5.97 Å². The molecule has 1 unspecified atom stereocenters. The molecular weight excluding hydrogens is 320 g/mol. The molecule has 0 aliphatic rings. The summed E-state index contributed by atoms with van der Waals surface area (Å²) in [4.78, 5) is 33.9. The fourth-order valence-electron chi connectivity index (χ4n) is 1.71. The molecule has 1 atom stereocenters. The van der Waals surface area contributed by atoms with E-state index in [0.717, 1.165) is 0 Å². The molecule has 0 spiro atoms. The molecule has 0 saturated carbocycles. The van der Waals surface area contributed by atoms with Gasteiger partial charge < -0.3 is 15.7 Å². The normalized spacial score (nSPS) is 11.8. The maximum atomic E-state index is 11.8. The van der Waals surface area contributed by atoms with Gasteiger partial charge in [0.05, 0.1) is 5.56 Å². The van der Waals surface area contributed by atoms with Gasteiger partial charge in [0.1, 0.15) is 5.75 Å². The summed E-state index contributed by atoms with van der Waals surface area (Å²) >= 11 is 0. The van der Waals surface area contributed by atoms with Crippen LogP contribution < -0.4 is 10.6 Å². The van der Waals surface area contributed by atoms with Crippen LogP contribution in [0.25, 0.3) is 0 Å². The number of hydrogen-bond donors (Lipinski definition) is 3. The van der Waals surface area contributed by atoms with Gasteiger partial charge in [0.25, 0.3) is 0 Å². The molecular formula is C15H20N2O5S. The summed E-state index contributed by atoms with van der Waals surface area (Å²) in [6.07, 6.45) is 0.103. The van der Waals surface area contributed by atoms with Gasteiger partial charge in [0.2, 0.25) is 11.8 Å². The Hall–Kier alpha value is -2.22. The maximum absolute atomic E-state index is 11.8. The van der Waals surface area contributed by atoms with Gasteiger partial charge in [0, 0.05) is 34.7 Å². The molecule has 8 heteroatoms. The van der Waals surface area contributed by atoms with E-state index >= 15 is 0 Å². The first kappa shape index (κ1) is 18.8. The van der Waals surface area contributed by atoms with Crippen molar-refractivity contribution in [1.82, 2.24) is 5.32 Å². The van der Waals surface area contributed by atoms with Gasteiger partial charge in [-0.1, -0.05) is 0 Å². The number of anilines is 1. The van der Waals surface area contributed by atoms with Crippen molar-refractivity contribution in [2.24, 2.45) is 0 Å². The second kappa shape index (κ2) is 9.04. The molecule has 0 fully saturated rings. The predicted octanol–water partition coefficient (Wildman–Crippen LogP) is 0.987. The molecule has 0 saturated heterocycles. The fraction of sp³-hybridized carbons (Fsp3) is 0.400. The van der Waals surface area contributed by atoms with E-state index < -0.39 is 22.7 Å². The van der Waals surface area contributed by atoms with Crippen LogP contribution in [0.2, 0.25) is 0 Å². The first-order valence-corrected chi connectivity index (χ1v) is 8.54. The van der Waals surface area contributed by atoms with E-state index in [-0.39, 0.29) is 35.4 Å². The van der Waals surface area contributed by atoms with Crippen LogP contribution in [-0.4, -0.2) is 44.6 Å². The third-order valence-electron chi connectivity index (χ3n) is 2.71. The Bertz CT molecular complexity index is 598. The molecule has 1 aromatic carbocycles. The summed E-state index contributed by atoms with van der Waals surface area (Å²) in [6, 6.07) is 5.67. The van der Waals surface area contributed by atoms with Crippen LogP contribution in [0.3, 0.4) is 0 Å². The molecule has 0 heterocycles. The quantitative estimate of drug-likeness (QED) is 0.653. The van der Waals surface area contributed by atoms with Crippen molar-refractivity contribution in [2.75, 3.05) is 16.8 Å². The number of carboxylic acids is 1. The van der Waals surface area contributed by atoms with E-state index in [1.54, 1.807) is 0 Å². The number of amides is 2. The van der Waals surface area contributed by atoms with E-state index in [1.807, 2.05) is 13.8 Å². The van der Waals surface area contributed by atoms with Crippen LogP contribution in [0.4, 0.5) is 5.69 Å². The molecule has 126 valence electrons. The van der Waals surface area contributed by atoms with Crippen molar-refractivity contribution in [3.63, 3.8) is 0 Å². The highest BCUT2D eigenvalue weighted by Gasteiger charge is 2.11. The largest absolute Gasteiger partial charge is 0.478 e. The second-order valence-electron chi connectivity index (χ2n) is 5.19. The van der Waals surface area contributed by atoms with E-state index in [1.165, 1.54) is 24.3 Å². The van der Waals surface area contributed by atoms with Crippen molar-refractivity contribution in [3.05, 3.63) is 29.8 Å². The van der Waals surface area contributed by atoms with Crippen molar-refractivity contribution in [2.45, 2.75) is 26.3 Å². The van der Waals surface area contributed by atoms with E-state index in [9.17, 15) is 18.6 Å². The van der Waals surface area contributed by atoms with Crippen molar-refractivity contribution >= 4 is 34.3 Å². The lowest BCUT2D eigenvalue weighted by Gasteiger charge is -2.08. The highest BCUT2D eigenvalue weighted by molar-refractivity contribution is 7.85. The van der Waals surface area contributed by atoms with Gasteiger partial charge in [-0.25, -0.2) is 4.79 Å². The minimum absolute atomic E-state index is 0.0213. The van der Waals surface area contributed by atoms with Crippen LogP contribution in [-0.2, 0) is 20.4 Å². The number of carbonyl (C=O) groups excluding carboxylic acids is 2. The minimum atomic E-state index is -1.44. The fourth-order valence-corrected chi connectivity index (χ4v) is 2.63. The molecule has 0 aromatic heterocycles. The smallest absolute Gasteiger partial charge is 0.335 e. The maximum Gasteiger partial charge on any atom is 0.335 e. The van der Waals surface area contributed by atoms with Crippen molar-refractivity contribution in [1.29, 1.82) is 0 Å². The van der Waals surface area contributed by atoms with E-state index in [0.29, 0.717) is 5.69 Å². The summed E-state index contributed by atoms with van der Waals surface area (Å²) in [7, 11) is -1.44. The van der Waals surface area contributed by atoms with E-state index in [4.69, 9.17) is 5.11 Å². The highest BCUT2D eigenvalue weighted by atomic mass is 32.2. The van der Waals surface area contributed by atoms with Gasteiger partial charge in [-0.3, -0.25) is 13.8 Å². The number of aromatic carboxylic acids is 1. The van der Waals surface area contributed by atoms with Gasteiger partial charge in [-0.15, -0.1) is 0 Å². The molecule has 0 aliphatic heterocycles. The molecule has 0 aliphatic carbocycles. The van der Waals surface area contributed by atoms with Crippen LogP contribution in [0, 0.1) is 0 Å². The van der Waals surface area contributed by atoms with Gasteiger partial charge in [-0.05, 0) is 38.1 Å². The van der Waals surface area contributed by atoms with Crippen LogP contribution in [0.15, 0.2) is 24.3 Å². The summed E-state index contributed by atoms with van der Waals surface area (Å²) in [6.45, 7) is 3.66. The molecule has 7 nitrogen and oxygen atoms in total. The summed E-state index contributed by atoms with van der Waals surface area (Å²) in [5.74, 6) is -1.79. The topological polar surface area (TPSA) is 113 Å². The number of carbonyl (C=O) groups is 3. The molecule has 0 radical (unpaired) electrons. The van der Waals surface area contributed by atoms with Gasteiger partial charge in [-0.2, -0.15) is 0 Å². The lowest BCUT2D eigenvalue weighted by atomic mass is 10.2.